The first-order valence-corrected chi connectivity index (χ1v) is 9.05. The number of Topliss-reactive ketones (excluding diaryl/α,β-unsaturated/α-hetero) is 1. The van der Waals surface area contributed by atoms with Crippen molar-refractivity contribution in [3.05, 3.63) is 76.9 Å². The van der Waals surface area contributed by atoms with Crippen molar-refractivity contribution >= 4 is 23.4 Å². The Morgan fingerprint density at radius 3 is 2.24 bits per heavy atom. The molecule has 2 aromatic rings. The molecule has 0 unspecified atom stereocenters. The topological polar surface area (TPSA) is 104 Å². The zero-order valence-electron chi connectivity index (χ0n) is 16.0. The van der Waals surface area contributed by atoms with E-state index in [2.05, 4.69) is 4.74 Å². The number of aliphatic hydroxyl groups excluding tert-OH is 2. The Bertz CT molecular complexity index is 963. The number of nitrogens with zero attached hydrogens (tertiary/aromatic N) is 1. The molecule has 7 nitrogen and oxygen atoms in total. The first kappa shape index (κ1) is 20.3. The number of esters is 1. The van der Waals surface area contributed by atoms with Gasteiger partial charge < -0.3 is 19.8 Å². The smallest absolute Gasteiger partial charge is 0.337 e. The van der Waals surface area contributed by atoms with Crippen LogP contribution in [0.2, 0.25) is 0 Å². The van der Waals surface area contributed by atoms with Gasteiger partial charge in [-0.2, -0.15) is 0 Å². The van der Waals surface area contributed by atoms with Gasteiger partial charge in [0.2, 0.25) is 0 Å². The summed E-state index contributed by atoms with van der Waals surface area (Å²) in [4.78, 5) is 38.3. The maximum atomic E-state index is 12.8. The van der Waals surface area contributed by atoms with E-state index in [0.717, 1.165) is 0 Å². The number of likely N-dealkylation sites (tertiary alicyclic amines) is 1. The van der Waals surface area contributed by atoms with Crippen molar-refractivity contribution in [3.63, 3.8) is 0 Å². The first-order valence-electron chi connectivity index (χ1n) is 9.05. The molecule has 1 amide bonds. The molecular weight excluding hydrogens is 374 g/mol. The van der Waals surface area contributed by atoms with Gasteiger partial charge in [0.25, 0.3) is 11.7 Å². The lowest BCUT2D eigenvalue weighted by Gasteiger charge is -2.26. The number of benzene rings is 2. The van der Waals surface area contributed by atoms with E-state index in [0.29, 0.717) is 16.7 Å². The number of aliphatic hydroxyl groups is 2. The fourth-order valence-electron chi connectivity index (χ4n) is 3.37. The lowest BCUT2D eigenvalue weighted by Crippen LogP contribution is -2.35. The number of β-amino-alcohol motifs (C(OH)–C–C–N with tert-alkyl or cyclic N) is 1. The molecule has 1 heterocycles. The molecule has 7 heteroatoms. The summed E-state index contributed by atoms with van der Waals surface area (Å²) in [6.07, 6.45) is -0.873. The average Bonchev–Trinajstić information content (AvgIpc) is 2.98. The summed E-state index contributed by atoms with van der Waals surface area (Å²) in [6.45, 7) is 1.42. The highest BCUT2D eigenvalue weighted by Crippen LogP contribution is 2.39. The van der Waals surface area contributed by atoms with Gasteiger partial charge in [-0.05, 0) is 24.6 Å². The normalized spacial score (nSPS) is 19.3. The minimum atomic E-state index is -0.892. The van der Waals surface area contributed by atoms with Gasteiger partial charge >= 0.3 is 5.97 Å². The molecular formula is C22H21NO6. The van der Waals surface area contributed by atoms with Crippen LogP contribution in [0.25, 0.3) is 5.76 Å². The van der Waals surface area contributed by atoms with E-state index in [1.807, 2.05) is 0 Å². The van der Waals surface area contributed by atoms with Gasteiger partial charge in [0, 0.05) is 12.1 Å². The van der Waals surface area contributed by atoms with E-state index in [-0.39, 0.29) is 17.9 Å². The summed E-state index contributed by atoms with van der Waals surface area (Å²) in [5.74, 6) is -2.43. The molecule has 1 fully saturated rings. The number of ketones is 1. The van der Waals surface area contributed by atoms with Gasteiger partial charge in [0.15, 0.2) is 0 Å². The van der Waals surface area contributed by atoms with Crippen LogP contribution < -0.4 is 0 Å². The standard InChI is InChI=1S/C22H21NO6/c1-13(24)12-23-18(14-8-10-16(11-9-14)22(28)29-2)17(20(26)21(23)27)19(25)15-6-4-3-5-7-15/h3-11,13,18,24-25H,12H2,1-2H3/t13-,18-/m0/s1. The quantitative estimate of drug-likeness (QED) is 0.348. The van der Waals surface area contributed by atoms with Crippen LogP contribution in [0.4, 0.5) is 0 Å². The maximum Gasteiger partial charge on any atom is 0.337 e. The van der Waals surface area contributed by atoms with Crippen molar-refractivity contribution < 1.29 is 29.3 Å². The Labute approximate surface area is 167 Å². The first-order chi connectivity index (χ1) is 13.8. The summed E-state index contributed by atoms with van der Waals surface area (Å²) in [6, 6.07) is 13.8. The van der Waals surface area contributed by atoms with Gasteiger partial charge in [-0.1, -0.05) is 42.5 Å². The summed E-state index contributed by atoms with van der Waals surface area (Å²) in [5.41, 5.74) is 1.17. The molecule has 0 radical (unpaired) electrons. The number of amides is 1. The van der Waals surface area contributed by atoms with Gasteiger partial charge in [-0.15, -0.1) is 0 Å². The minimum absolute atomic E-state index is 0.0623. The van der Waals surface area contributed by atoms with Crippen LogP contribution in [0.15, 0.2) is 60.2 Å². The molecule has 29 heavy (non-hydrogen) atoms. The van der Waals surface area contributed by atoms with Crippen molar-refractivity contribution in [1.29, 1.82) is 0 Å². The number of methoxy groups -OCH3 is 1. The molecule has 2 aromatic carbocycles. The van der Waals surface area contributed by atoms with Crippen molar-refractivity contribution in [3.8, 4) is 0 Å². The van der Waals surface area contributed by atoms with Crippen molar-refractivity contribution in [2.24, 2.45) is 0 Å². The van der Waals surface area contributed by atoms with Crippen molar-refractivity contribution in [1.82, 2.24) is 4.90 Å². The highest BCUT2D eigenvalue weighted by Gasteiger charge is 2.46. The number of ether oxygens (including phenoxy) is 1. The van der Waals surface area contributed by atoms with E-state index >= 15 is 0 Å². The van der Waals surface area contributed by atoms with Crippen LogP contribution >= 0.6 is 0 Å². The maximum absolute atomic E-state index is 12.8. The molecule has 0 bridgehead atoms. The summed E-state index contributed by atoms with van der Waals surface area (Å²) >= 11 is 0. The fourth-order valence-corrected chi connectivity index (χ4v) is 3.37. The molecule has 2 N–H and O–H groups in total. The SMILES string of the molecule is COC(=O)c1ccc([C@H]2C(=C(O)c3ccccc3)C(=O)C(=O)N2C[C@H](C)O)cc1. The van der Waals surface area contributed by atoms with Crippen LogP contribution in [0, 0.1) is 0 Å². The van der Waals surface area contributed by atoms with Gasteiger partial charge in [0.05, 0.1) is 30.4 Å². The third-order valence-electron chi connectivity index (χ3n) is 4.70. The molecule has 1 aliphatic heterocycles. The van der Waals surface area contributed by atoms with Crippen LogP contribution in [0.5, 0.6) is 0 Å². The second-order valence-corrected chi connectivity index (χ2v) is 6.78. The fraction of sp³-hybridized carbons (Fsp3) is 0.227. The van der Waals surface area contributed by atoms with Crippen molar-refractivity contribution in [2.45, 2.75) is 19.1 Å². The van der Waals surface area contributed by atoms with Crippen LogP contribution in [-0.2, 0) is 14.3 Å². The van der Waals surface area contributed by atoms with E-state index in [9.17, 15) is 24.6 Å². The lowest BCUT2D eigenvalue weighted by atomic mass is 9.94. The van der Waals surface area contributed by atoms with E-state index in [1.165, 1.54) is 31.1 Å². The molecule has 3 rings (SSSR count). The van der Waals surface area contributed by atoms with Crippen LogP contribution in [-0.4, -0.2) is 52.5 Å². The summed E-state index contributed by atoms with van der Waals surface area (Å²) in [7, 11) is 1.27. The Morgan fingerprint density at radius 2 is 1.69 bits per heavy atom. The second-order valence-electron chi connectivity index (χ2n) is 6.78. The van der Waals surface area contributed by atoms with Crippen LogP contribution in [0.3, 0.4) is 0 Å². The van der Waals surface area contributed by atoms with Crippen molar-refractivity contribution in [2.75, 3.05) is 13.7 Å². The second kappa shape index (κ2) is 8.28. The molecule has 2 atom stereocenters. The number of carbonyl (C=O) groups is 3. The van der Waals surface area contributed by atoms with E-state index < -0.39 is 29.8 Å². The van der Waals surface area contributed by atoms with Gasteiger partial charge in [0.1, 0.15) is 5.76 Å². The Morgan fingerprint density at radius 1 is 1.07 bits per heavy atom. The number of hydrogen-bond donors (Lipinski definition) is 2. The largest absolute Gasteiger partial charge is 0.507 e. The van der Waals surface area contributed by atoms with Gasteiger partial charge in [-0.3, -0.25) is 9.59 Å². The Kier molecular flexibility index (Phi) is 5.79. The highest BCUT2D eigenvalue weighted by molar-refractivity contribution is 6.46. The Balaban J connectivity index is 2.14. The third-order valence-corrected chi connectivity index (χ3v) is 4.70. The number of rotatable bonds is 5. The minimum Gasteiger partial charge on any atom is -0.507 e. The zero-order chi connectivity index (χ0) is 21.1. The number of carbonyl (C=O) groups excluding carboxylic acids is 3. The molecule has 0 saturated carbocycles. The number of hydrogen-bond acceptors (Lipinski definition) is 6. The summed E-state index contributed by atoms with van der Waals surface area (Å²) < 4.78 is 4.69. The highest BCUT2D eigenvalue weighted by atomic mass is 16.5. The van der Waals surface area contributed by atoms with E-state index in [4.69, 9.17) is 0 Å². The Hall–Kier alpha value is -3.45. The molecule has 150 valence electrons. The molecule has 0 aromatic heterocycles. The molecule has 1 aliphatic rings. The molecule has 0 aliphatic carbocycles. The lowest BCUT2D eigenvalue weighted by molar-refractivity contribution is -0.140. The third kappa shape index (κ3) is 3.90. The monoisotopic (exact) mass is 395 g/mol. The molecule has 1 saturated heterocycles. The predicted octanol–water partition coefficient (Wildman–Crippen LogP) is 2.28. The zero-order valence-corrected chi connectivity index (χ0v) is 16.0. The van der Waals surface area contributed by atoms with E-state index in [1.54, 1.807) is 42.5 Å². The van der Waals surface area contributed by atoms with Crippen LogP contribution in [0.1, 0.15) is 34.5 Å². The summed E-state index contributed by atoms with van der Waals surface area (Å²) in [5, 5.41) is 20.6. The molecule has 0 spiro atoms. The predicted molar refractivity (Wildman–Crippen MR) is 105 cm³/mol. The average molecular weight is 395 g/mol. The van der Waals surface area contributed by atoms with Gasteiger partial charge in [-0.25, -0.2) is 4.79 Å².